The summed E-state index contributed by atoms with van der Waals surface area (Å²) in [5.74, 6) is 1.77. The monoisotopic (exact) mass is 233 g/mol. The Morgan fingerprint density at radius 1 is 1.41 bits per heavy atom. The van der Waals surface area contributed by atoms with E-state index in [0.29, 0.717) is 0 Å². The third-order valence-electron chi connectivity index (χ3n) is 4.00. The van der Waals surface area contributed by atoms with Crippen molar-refractivity contribution in [3.63, 3.8) is 0 Å². The number of rotatable bonds is 4. The molecular weight excluding hydrogens is 206 g/mol. The number of nitrogens with zero attached hydrogens (tertiary/aromatic N) is 1. The van der Waals surface area contributed by atoms with Gasteiger partial charge in [0.1, 0.15) is 0 Å². The molecule has 3 atom stereocenters. The quantitative estimate of drug-likeness (QED) is 0.523. The molecule has 0 aromatic carbocycles. The number of allylic oxidation sites excluding steroid dienone is 2. The minimum absolute atomic E-state index is 0.767. The van der Waals surface area contributed by atoms with Gasteiger partial charge in [-0.3, -0.25) is 0 Å². The van der Waals surface area contributed by atoms with Crippen LogP contribution in [0.25, 0.3) is 0 Å². The Morgan fingerprint density at radius 3 is 2.47 bits per heavy atom. The van der Waals surface area contributed by atoms with E-state index in [2.05, 4.69) is 50.8 Å². The summed E-state index contributed by atoms with van der Waals surface area (Å²) in [5, 5.41) is 0. The van der Waals surface area contributed by atoms with Gasteiger partial charge in [-0.1, -0.05) is 31.2 Å². The van der Waals surface area contributed by atoms with Gasteiger partial charge in [0.05, 0.1) is 0 Å². The minimum atomic E-state index is 0.767. The molecule has 1 heterocycles. The molecule has 1 saturated carbocycles. The van der Waals surface area contributed by atoms with Gasteiger partial charge in [-0.2, -0.15) is 0 Å². The van der Waals surface area contributed by atoms with Crippen LogP contribution in [0.2, 0.25) is 0 Å². The molecular formula is C16H27N. The van der Waals surface area contributed by atoms with Crippen molar-refractivity contribution in [1.82, 2.24) is 4.90 Å². The fourth-order valence-corrected chi connectivity index (χ4v) is 2.59. The minimum Gasteiger partial charge on any atom is -0.303 e. The Bertz CT molecular complexity index is 279. The van der Waals surface area contributed by atoms with Crippen LogP contribution in [0.15, 0.2) is 37.5 Å². The molecule has 3 unspecified atom stereocenters. The van der Waals surface area contributed by atoms with Gasteiger partial charge >= 0.3 is 0 Å². The molecule has 0 aromatic rings. The lowest BCUT2D eigenvalue weighted by atomic mass is 10.0. The topological polar surface area (TPSA) is 3.24 Å². The van der Waals surface area contributed by atoms with Crippen molar-refractivity contribution >= 4 is 0 Å². The summed E-state index contributed by atoms with van der Waals surface area (Å²) in [4.78, 5) is 2.49. The van der Waals surface area contributed by atoms with E-state index in [-0.39, 0.29) is 0 Å². The van der Waals surface area contributed by atoms with Gasteiger partial charge in [-0.15, -0.1) is 13.2 Å². The molecule has 1 aliphatic heterocycles. The van der Waals surface area contributed by atoms with Crippen LogP contribution >= 0.6 is 0 Å². The maximum absolute atomic E-state index is 3.95. The average molecular weight is 233 g/mol. The zero-order chi connectivity index (χ0) is 12.8. The molecule has 0 radical (unpaired) electrons. The van der Waals surface area contributed by atoms with Crippen LogP contribution in [0.4, 0.5) is 0 Å². The Morgan fingerprint density at radius 2 is 2.06 bits per heavy atom. The lowest BCUT2D eigenvalue weighted by molar-refractivity contribution is 0.310. The van der Waals surface area contributed by atoms with Crippen molar-refractivity contribution < 1.29 is 0 Å². The molecule has 1 saturated heterocycles. The Hall–Kier alpha value is -0.820. The van der Waals surface area contributed by atoms with Crippen molar-refractivity contribution in [3.8, 4) is 0 Å². The van der Waals surface area contributed by atoms with Gasteiger partial charge in [0, 0.05) is 6.04 Å². The van der Waals surface area contributed by atoms with Crippen molar-refractivity contribution in [2.45, 2.75) is 38.6 Å². The first-order chi connectivity index (χ1) is 8.20. The van der Waals surface area contributed by atoms with Crippen LogP contribution < -0.4 is 0 Å². The van der Waals surface area contributed by atoms with Gasteiger partial charge in [0.25, 0.3) is 0 Å². The molecule has 1 heteroatoms. The highest BCUT2D eigenvalue weighted by atomic mass is 15.1. The summed E-state index contributed by atoms with van der Waals surface area (Å²) in [6, 6.07) is 0.767. The molecule has 17 heavy (non-hydrogen) atoms. The molecule has 96 valence electrons. The average Bonchev–Trinajstić information content (AvgIpc) is 2.88. The lowest BCUT2D eigenvalue weighted by Gasteiger charge is -2.19. The molecule has 2 fully saturated rings. The smallest absolute Gasteiger partial charge is 0.0133 e. The van der Waals surface area contributed by atoms with Gasteiger partial charge in [0.15, 0.2) is 0 Å². The second-order valence-electron chi connectivity index (χ2n) is 5.30. The summed E-state index contributed by atoms with van der Waals surface area (Å²) < 4.78 is 0. The highest BCUT2D eigenvalue weighted by molar-refractivity contribution is 5.21. The first kappa shape index (κ1) is 14.2. The lowest BCUT2D eigenvalue weighted by Crippen LogP contribution is -2.24. The van der Waals surface area contributed by atoms with Crippen molar-refractivity contribution in [3.05, 3.63) is 37.5 Å². The first-order valence-electron chi connectivity index (χ1n) is 6.74. The maximum atomic E-state index is 3.95. The van der Waals surface area contributed by atoms with E-state index in [4.69, 9.17) is 0 Å². The number of hydrogen-bond acceptors (Lipinski definition) is 1. The summed E-state index contributed by atoms with van der Waals surface area (Å²) in [6.07, 6.45) is 9.86. The molecule has 0 amide bonds. The Kier molecular flexibility index (Phi) is 5.70. The molecule has 2 rings (SSSR count). The molecule has 1 aliphatic carbocycles. The van der Waals surface area contributed by atoms with Gasteiger partial charge in [-0.25, -0.2) is 0 Å². The summed E-state index contributed by atoms with van der Waals surface area (Å²) in [5.41, 5.74) is 1.48. The van der Waals surface area contributed by atoms with E-state index >= 15 is 0 Å². The molecule has 0 aromatic heterocycles. The van der Waals surface area contributed by atoms with Crippen LogP contribution in [0.5, 0.6) is 0 Å². The Balaban J connectivity index is 0.000000686. The van der Waals surface area contributed by atoms with Crippen LogP contribution in [0, 0.1) is 11.8 Å². The number of likely N-dealkylation sites (tertiary alicyclic amines) is 1. The van der Waals surface area contributed by atoms with Crippen LogP contribution in [-0.2, 0) is 0 Å². The normalized spacial score (nSPS) is 32.8. The summed E-state index contributed by atoms with van der Waals surface area (Å²) in [6.45, 7) is 13.6. The predicted molar refractivity (Wildman–Crippen MR) is 77.1 cm³/mol. The highest BCUT2D eigenvalue weighted by Crippen LogP contribution is 2.40. The SMILES string of the molecule is C=C.C=C/C(=C\C1CC1C)CC1CCCN1C. The van der Waals surface area contributed by atoms with Crippen molar-refractivity contribution in [2.75, 3.05) is 13.6 Å². The van der Waals surface area contributed by atoms with Gasteiger partial charge in [-0.05, 0) is 51.1 Å². The molecule has 0 spiro atoms. The summed E-state index contributed by atoms with van der Waals surface area (Å²) >= 11 is 0. The number of hydrogen-bond donors (Lipinski definition) is 0. The zero-order valence-electron chi connectivity index (χ0n) is 11.5. The van der Waals surface area contributed by atoms with Crippen LogP contribution in [-0.4, -0.2) is 24.5 Å². The molecule has 1 nitrogen and oxygen atoms in total. The third-order valence-corrected chi connectivity index (χ3v) is 4.00. The second kappa shape index (κ2) is 6.80. The second-order valence-corrected chi connectivity index (χ2v) is 5.30. The van der Waals surface area contributed by atoms with E-state index in [1.807, 2.05) is 0 Å². The fourth-order valence-electron chi connectivity index (χ4n) is 2.59. The molecule has 0 N–H and O–H groups in total. The maximum Gasteiger partial charge on any atom is 0.0133 e. The highest BCUT2D eigenvalue weighted by Gasteiger charge is 2.30. The van der Waals surface area contributed by atoms with Gasteiger partial charge < -0.3 is 4.90 Å². The standard InChI is InChI=1S/C14H23N.C2H4/c1-4-12(9-13-8-11(13)2)10-14-6-5-7-15(14)3;1-2/h4,9,11,13-14H,1,5-8,10H2,2-3H3;1-2H2/b12-9+;. The van der Waals surface area contributed by atoms with Crippen LogP contribution in [0.3, 0.4) is 0 Å². The van der Waals surface area contributed by atoms with E-state index in [9.17, 15) is 0 Å². The first-order valence-corrected chi connectivity index (χ1v) is 6.74. The summed E-state index contributed by atoms with van der Waals surface area (Å²) in [7, 11) is 2.25. The molecule has 2 aliphatic rings. The van der Waals surface area contributed by atoms with Crippen molar-refractivity contribution in [1.29, 1.82) is 0 Å². The van der Waals surface area contributed by atoms with E-state index in [1.54, 1.807) is 0 Å². The van der Waals surface area contributed by atoms with E-state index < -0.39 is 0 Å². The Labute approximate surface area is 107 Å². The van der Waals surface area contributed by atoms with E-state index in [0.717, 1.165) is 17.9 Å². The van der Waals surface area contributed by atoms with Gasteiger partial charge in [0.2, 0.25) is 0 Å². The largest absolute Gasteiger partial charge is 0.303 e. The van der Waals surface area contributed by atoms with Crippen molar-refractivity contribution in [2.24, 2.45) is 11.8 Å². The van der Waals surface area contributed by atoms with E-state index in [1.165, 1.54) is 37.8 Å². The fraction of sp³-hybridized carbons (Fsp3) is 0.625. The zero-order valence-corrected chi connectivity index (χ0v) is 11.5. The third kappa shape index (κ3) is 4.16. The molecule has 0 bridgehead atoms. The van der Waals surface area contributed by atoms with Crippen LogP contribution in [0.1, 0.15) is 32.6 Å². The predicted octanol–water partition coefficient (Wildman–Crippen LogP) is 4.04.